The van der Waals surface area contributed by atoms with Gasteiger partial charge in [0.2, 0.25) is 0 Å². The SMILES string of the molecule is CCC1OC(=O)CC(OC(C)=O)C(C)C(OC2OC(C)C(OC3CC(C)(O)C(O)C(C)O3)C(N(C)C)C2O)C(CC=O)CC(C)C(=O)C=C/C(C)=C\C1COC1OC(C)C(O)C(OC)C1OC. The van der Waals surface area contributed by atoms with Gasteiger partial charge in [-0.1, -0.05) is 38.5 Å². The molecule has 4 rings (SSSR count). The van der Waals surface area contributed by atoms with Gasteiger partial charge in [0.15, 0.2) is 24.7 Å². The van der Waals surface area contributed by atoms with Crippen LogP contribution in [0.1, 0.15) is 94.4 Å². The molecular formula is C48H79NO18. The molecular weight excluding hydrogens is 879 g/mol. The van der Waals surface area contributed by atoms with Gasteiger partial charge in [0, 0.05) is 51.7 Å². The molecule has 21 unspecified atom stereocenters. The molecule has 4 aliphatic rings. The summed E-state index contributed by atoms with van der Waals surface area (Å²) in [6.07, 6.45) is -8.72. The third-order valence-electron chi connectivity index (χ3n) is 13.7. The number of methoxy groups -OCH3 is 2. The van der Waals surface area contributed by atoms with Crippen molar-refractivity contribution >= 4 is 24.0 Å². The van der Waals surface area contributed by atoms with E-state index in [0.717, 1.165) is 0 Å². The Hall–Kier alpha value is -2.76. The van der Waals surface area contributed by atoms with Crippen molar-refractivity contribution in [3.05, 3.63) is 23.8 Å². The van der Waals surface area contributed by atoms with Crippen LogP contribution in [0.2, 0.25) is 0 Å². The van der Waals surface area contributed by atoms with E-state index in [2.05, 4.69) is 0 Å². The minimum atomic E-state index is -1.51. The Morgan fingerprint density at radius 2 is 1.55 bits per heavy atom. The number of allylic oxidation sites excluding steroid dienone is 3. The summed E-state index contributed by atoms with van der Waals surface area (Å²) in [5, 5.41) is 44.2. The second-order valence-electron chi connectivity index (χ2n) is 19.3. The van der Waals surface area contributed by atoms with E-state index in [-0.39, 0.29) is 31.7 Å². The molecule has 0 aromatic rings. The molecule has 21 atom stereocenters. The van der Waals surface area contributed by atoms with Gasteiger partial charge in [0.1, 0.15) is 55.1 Å². The normalized spacial score (nSPS) is 43.8. The van der Waals surface area contributed by atoms with Crippen LogP contribution in [0.3, 0.4) is 0 Å². The Kier molecular flexibility index (Phi) is 21.5. The zero-order valence-electron chi connectivity index (χ0n) is 41.6. The number of cyclic esters (lactones) is 1. The van der Waals surface area contributed by atoms with E-state index in [4.69, 9.17) is 47.4 Å². The molecule has 0 aliphatic carbocycles. The lowest BCUT2D eigenvalue weighted by Crippen LogP contribution is -2.65. The van der Waals surface area contributed by atoms with Crippen LogP contribution >= 0.6 is 0 Å². The Labute approximate surface area is 395 Å². The number of hydrogen-bond donors (Lipinski definition) is 4. The topological polar surface area (TPSA) is 245 Å². The van der Waals surface area contributed by atoms with Crippen LogP contribution < -0.4 is 0 Å². The summed E-state index contributed by atoms with van der Waals surface area (Å²) in [4.78, 5) is 54.9. The van der Waals surface area contributed by atoms with Crippen molar-refractivity contribution in [1.82, 2.24) is 4.90 Å². The molecule has 0 aromatic carbocycles. The number of aliphatic hydroxyl groups is 4. The average molecular weight is 958 g/mol. The number of ether oxygens (including phenoxy) is 10. The Bertz CT molecular complexity index is 1670. The van der Waals surface area contributed by atoms with Crippen molar-refractivity contribution in [2.24, 2.45) is 23.7 Å². The van der Waals surface area contributed by atoms with Gasteiger partial charge >= 0.3 is 11.9 Å². The number of esters is 2. The number of aliphatic hydroxyl groups excluding tert-OH is 3. The summed E-state index contributed by atoms with van der Waals surface area (Å²) in [6, 6.07) is -0.777. The van der Waals surface area contributed by atoms with E-state index in [0.29, 0.717) is 18.3 Å². The van der Waals surface area contributed by atoms with Crippen molar-refractivity contribution < 1.29 is 87.0 Å². The molecule has 67 heavy (non-hydrogen) atoms. The number of rotatable bonds is 14. The van der Waals surface area contributed by atoms with Gasteiger partial charge in [-0.3, -0.25) is 14.4 Å². The first kappa shape index (κ1) is 56.8. The van der Waals surface area contributed by atoms with Gasteiger partial charge < -0.3 is 77.5 Å². The zero-order chi connectivity index (χ0) is 50.1. The molecule has 4 N–H and O–H groups in total. The van der Waals surface area contributed by atoms with Crippen LogP contribution in [0.4, 0.5) is 0 Å². The largest absolute Gasteiger partial charge is 0.462 e. The maximum Gasteiger partial charge on any atom is 0.309 e. The number of carbonyl (C=O) groups is 4. The Balaban J connectivity index is 1.69. The molecule has 3 fully saturated rings. The standard InChI is InChI=1S/C48H79NO18/c1-14-34-32(23-60-47-44(59-13)43(58-12)39(54)27(5)62-47)19-24(2)15-16-33(52)25(3)20-31(17-18-50)41(26(4)35(64-30(8)51)21-36(53)65-34)67-46-40(55)38(49(10)11)42(28(6)63-46)66-37-22-48(9,57)45(56)29(7)61-37/h15-16,18-19,25-29,31-32,34-35,37-47,54-57H,14,17,20-23H2,1-13H3/b16-15?,24-19-. The third kappa shape index (κ3) is 14.6. The molecule has 384 valence electrons. The first-order valence-electron chi connectivity index (χ1n) is 23.6. The van der Waals surface area contributed by atoms with Crippen molar-refractivity contribution in [2.75, 3.05) is 34.9 Å². The predicted octanol–water partition coefficient (Wildman–Crippen LogP) is 2.40. The number of carbonyl (C=O) groups excluding carboxylic acids is 4. The van der Waals surface area contributed by atoms with Gasteiger partial charge in [0.25, 0.3) is 0 Å². The fraction of sp³-hybridized carbons (Fsp3) is 0.833. The average Bonchev–Trinajstić information content (AvgIpc) is 3.25. The second kappa shape index (κ2) is 25.4. The number of nitrogens with zero attached hydrogens (tertiary/aromatic N) is 1. The fourth-order valence-corrected chi connectivity index (χ4v) is 9.86. The maximum absolute atomic E-state index is 14.1. The van der Waals surface area contributed by atoms with E-state index in [9.17, 15) is 39.6 Å². The number of likely N-dealkylation sites (N-methyl/N-ethyl adjacent to an activating group) is 1. The molecule has 19 nitrogen and oxygen atoms in total. The third-order valence-corrected chi connectivity index (χ3v) is 13.7. The summed E-state index contributed by atoms with van der Waals surface area (Å²) in [6.45, 7) is 14.8. The Morgan fingerprint density at radius 1 is 0.896 bits per heavy atom. The van der Waals surface area contributed by atoms with Gasteiger partial charge in [0.05, 0.1) is 49.1 Å². The van der Waals surface area contributed by atoms with Gasteiger partial charge in [-0.25, -0.2) is 0 Å². The highest BCUT2D eigenvalue weighted by molar-refractivity contribution is 5.91. The highest BCUT2D eigenvalue weighted by Crippen LogP contribution is 2.38. The number of ketones is 1. The van der Waals surface area contributed by atoms with Gasteiger partial charge in [-0.05, 0) is 73.5 Å². The molecule has 0 radical (unpaired) electrons. The van der Waals surface area contributed by atoms with Gasteiger partial charge in [-0.15, -0.1) is 0 Å². The van der Waals surface area contributed by atoms with Crippen LogP contribution in [-0.4, -0.2) is 188 Å². The smallest absolute Gasteiger partial charge is 0.309 e. The lowest BCUT2D eigenvalue weighted by Gasteiger charge is -2.50. The highest BCUT2D eigenvalue weighted by Gasteiger charge is 2.52. The molecule has 3 saturated heterocycles. The second-order valence-corrected chi connectivity index (χ2v) is 19.3. The summed E-state index contributed by atoms with van der Waals surface area (Å²) >= 11 is 0. The number of hydrogen-bond acceptors (Lipinski definition) is 19. The van der Waals surface area contributed by atoms with Crippen molar-refractivity contribution in [1.29, 1.82) is 0 Å². The quantitative estimate of drug-likeness (QED) is 0.144. The predicted molar refractivity (Wildman–Crippen MR) is 240 cm³/mol. The van der Waals surface area contributed by atoms with E-state index < -0.39 is 146 Å². The van der Waals surface area contributed by atoms with Crippen LogP contribution in [-0.2, 0) is 66.5 Å². The molecule has 4 aliphatic heterocycles. The minimum absolute atomic E-state index is 0.0309. The fourth-order valence-electron chi connectivity index (χ4n) is 9.86. The van der Waals surface area contributed by atoms with Crippen molar-refractivity contribution in [3.8, 4) is 0 Å². The molecule has 0 saturated carbocycles. The van der Waals surface area contributed by atoms with E-state index in [1.54, 1.807) is 66.6 Å². The monoisotopic (exact) mass is 958 g/mol. The molecule has 0 amide bonds. The van der Waals surface area contributed by atoms with E-state index >= 15 is 0 Å². The molecule has 4 heterocycles. The molecule has 19 heteroatoms. The van der Waals surface area contributed by atoms with Crippen LogP contribution in [0.25, 0.3) is 0 Å². The first-order valence-corrected chi connectivity index (χ1v) is 23.6. The first-order chi connectivity index (χ1) is 31.5. The summed E-state index contributed by atoms with van der Waals surface area (Å²) in [7, 11) is 6.41. The van der Waals surface area contributed by atoms with Gasteiger partial charge in [-0.2, -0.15) is 0 Å². The van der Waals surface area contributed by atoms with Crippen molar-refractivity contribution in [2.45, 2.75) is 198 Å². The maximum atomic E-state index is 14.1. The summed E-state index contributed by atoms with van der Waals surface area (Å²) < 4.78 is 60.9. The number of aldehydes is 1. The summed E-state index contributed by atoms with van der Waals surface area (Å²) in [5.74, 6) is -4.40. The zero-order valence-corrected chi connectivity index (χ0v) is 41.6. The highest BCUT2D eigenvalue weighted by atomic mass is 16.7. The van der Waals surface area contributed by atoms with Crippen LogP contribution in [0, 0.1) is 23.7 Å². The lowest BCUT2D eigenvalue weighted by atomic mass is 9.79. The van der Waals surface area contributed by atoms with Crippen LogP contribution in [0.5, 0.6) is 0 Å². The van der Waals surface area contributed by atoms with Crippen LogP contribution in [0.15, 0.2) is 23.8 Å². The lowest BCUT2D eigenvalue weighted by molar-refractivity contribution is -0.342. The van der Waals surface area contributed by atoms with Crippen molar-refractivity contribution in [3.63, 3.8) is 0 Å². The Morgan fingerprint density at radius 3 is 2.13 bits per heavy atom. The molecule has 0 spiro atoms. The van der Waals surface area contributed by atoms with E-state index in [1.807, 2.05) is 13.0 Å². The van der Waals surface area contributed by atoms with E-state index in [1.165, 1.54) is 34.1 Å². The molecule has 0 bridgehead atoms. The summed E-state index contributed by atoms with van der Waals surface area (Å²) in [5.41, 5.74) is -0.838. The molecule has 0 aromatic heterocycles. The minimum Gasteiger partial charge on any atom is -0.462 e.